The zero-order chi connectivity index (χ0) is 15.1. The largest absolute Gasteiger partial charge is 0.494 e. The molecule has 21 heavy (non-hydrogen) atoms. The van der Waals surface area contributed by atoms with Crippen LogP contribution in [-0.4, -0.2) is 30.0 Å². The third-order valence-corrected chi connectivity index (χ3v) is 2.90. The van der Waals surface area contributed by atoms with Gasteiger partial charge < -0.3 is 13.9 Å². The Balaban J connectivity index is 2.03. The van der Waals surface area contributed by atoms with Crippen LogP contribution in [0.25, 0.3) is 11.5 Å². The van der Waals surface area contributed by atoms with Crippen molar-refractivity contribution < 1.29 is 18.7 Å². The fourth-order valence-electron chi connectivity index (χ4n) is 1.64. The van der Waals surface area contributed by atoms with Crippen LogP contribution in [-0.2, 0) is 4.74 Å². The Morgan fingerprint density at radius 2 is 2.10 bits per heavy atom. The first-order chi connectivity index (χ1) is 10.2. The van der Waals surface area contributed by atoms with Gasteiger partial charge in [0.15, 0.2) is 5.69 Å². The molecule has 0 saturated carbocycles. The number of oxazole rings is 1. The highest BCUT2D eigenvalue weighted by Crippen LogP contribution is 2.22. The Morgan fingerprint density at radius 3 is 2.76 bits per heavy atom. The van der Waals surface area contributed by atoms with Crippen molar-refractivity contribution in [2.24, 2.45) is 0 Å². The van der Waals surface area contributed by atoms with Crippen molar-refractivity contribution in [3.05, 3.63) is 36.2 Å². The molecule has 112 valence electrons. The topological polar surface area (TPSA) is 61.6 Å². The number of hydrogen-bond acceptors (Lipinski definition) is 5. The van der Waals surface area contributed by atoms with Crippen LogP contribution in [0.1, 0.15) is 23.8 Å². The first-order valence-electron chi connectivity index (χ1n) is 6.66. The average Bonchev–Trinajstić information content (AvgIpc) is 2.98. The van der Waals surface area contributed by atoms with Gasteiger partial charge in [-0.3, -0.25) is 0 Å². The van der Waals surface area contributed by atoms with E-state index in [1.165, 1.54) is 6.26 Å². The molecule has 1 heterocycles. The summed E-state index contributed by atoms with van der Waals surface area (Å²) in [6.45, 7) is 2.62. The van der Waals surface area contributed by atoms with Crippen molar-refractivity contribution in [2.75, 3.05) is 19.1 Å². The van der Waals surface area contributed by atoms with Crippen LogP contribution in [0.4, 0.5) is 0 Å². The molecule has 1 aromatic heterocycles. The fourth-order valence-corrected chi connectivity index (χ4v) is 1.75. The number of esters is 1. The summed E-state index contributed by atoms with van der Waals surface area (Å²) in [7, 11) is 0. The van der Waals surface area contributed by atoms with Crippen molar-refractivity contribution in [1.29, 1.82) is 0 Å². The lowest BCUT2D eigenvalue weighted by atomic mass is 10.2. The van der Waals surface area contributed by atoms with Gasteiger partial charge >= 0.3 is 5.97 Å². The van der Waals surface area contributed by atoms with E-state index in [0.717, 1.165) is 17.7 Å². The number of nitrogens with zero attached hydrogens (tertiary/aromatic N) is 1. The zero-order valence-electron chi connectivity index (χ0n) is 11.7. The summed E-state index contributed by atoms with van der Waals surface area (Å²) in [5.74, 6) is 1.20. The van der Waals surface area contributed by atoms with Crippen molar-refractivity contribution in [2.45, 2.75) is 13.3 Å². The first kappa shape index (κ1) is 15.4. The van der Waals surface area contributed by atoms with E-state index in [-0.39, 0.29) is 5.69 Å². The average molecular weight is 310 g/mol. The maximum absolute atomic E-state index is 11.5. The number of halogens is 1. The number of ether oxygens (including phenoxy) is 2. The highest BCUT2D eigenvalue weighted by Gasteiger charge is 2.14. The molecule has 0 bridgehead atoms. The number of benzene rings is 1. The molecule has 0 spiro atoms. The minimum absolute atomic E-state index is 0.161. The quantitative estimate of drug-likeness (QED) is 0.445. The monoisotopic (exact) mass is 309 g/mol. The predicted molar refractivity (Wildman–Crippen MR) is 78.7 cm³/mol. The van der Waals surface area contributed by atoms with Crippen molar-refractivity contribution >= 4 is 17.6 Å². The number of carbonyl (C=O) groups excluding carboxylic acids is 1. The van der Waals surface area contributed by atoms with E-state index in [0.29, 0.717) is 25.0 Å². The molecule has 1 aromatic carbocycles. The molecule has 0 amide bonds. The summed E-state index contributed by atoms with van der Waals surface area (Å²) in [6, 6.07) is 7.27. The van der Waals surface area contributed by atoms with Gasteiger partial charge in [-0.2, -0.15) is 0 Å². The molecular formula is C15H16ClNO4. The summed E-state index contributed by atoms with van der Waals surface area (Å²) in [5, 5.41) is 0. The van der Waals surface area contributed by atoms with Crippen molar-refractivity contribution in [1.82, 2.24) is 4.98 Å². The lowest BCUT2D eigenvalue weighted by molar-refractivity contribution is 0.0519. The summed E-state index contributed by atoms with van der Waals surface area (Å²) < 4.78 is 15.6. The lowest BCUT2D eigenvalue weighted by Crippen LogP contribution is -2.04. The number of rotatable bonds is 7. The number of alkyl halides is 1. The van der Waals surface area contributed by atoms with Crippen LogP contribution in [0.5, 0.6) is 5.75 Å². The molecule has 0 aliphatic carbocycles. The van der Waals surface area contributed by atoms with E-state index in [1.807, 2.05) is 24.3 Å². The smallest absolute Gasteiger partial charge is 0.360 e. The molecule has 2 rings (SSSR count). The number of hydrogen-bond donors (Lipinski definition) is 0. The van der Waals surface area contributed by atoms with Gasteiger partial charge in [-0.05, 0) is 37.6 Å². The van der Waals surface area contributed by atoms with E-state index in [2.05, 4.69) is 4.98 Å². The normalized spacial score (nSPS) is 10.4. The molecule has 2 aromatic rings. The SMILES string of the molecule is CCOC(=O)c1coc(-c2ccc(OCCCCl)cc2)n1. The summed E-state index contributed by atoms with van der Waals surface area (Å²) in [6.07, 6.45) is 2.09. The van der Waals surface area contributed by atoms with Gasteiger partial charge in [0.1, 0.15) is 12.0 Å². The second-order valence-electron chi connectivity index (χ2n) is 4.17. The van der Waals surface area contributed by atoms with E-state index >= 15 is 0 Å². The van der Waals surface area contributed by atoms with Gasteiger partial charge in [-0.1, -0.05) is 0 Å². The van der Waals surface area contributed by atoms with Gasteiger partial charge in [-0.25, -0.2) is 9.78 Å². The van der Waals surface area contributed by atoms with Gasteiger partial charge in [-0.15, -0.1) is 11.6 Å². The molecule has 0 radical (unpaired) electrons. The number of carbonyl (C=O) groups is 1. The van der Waals surface area contributed by atoms with Crippen molar-refractivity contribution in [3.8, 4) is 17.2 Å². The van der Waals surface area contributed by atoms with Crippen LogP contribution in [0.2, 0.25) is 0 Å². The molecular weight excluding hydrogens is 294 g/mol. The second kappa shape index (κ2) is 7.69. The third kappa shape index (κ3) is 4.23. The second-order valence-corrected chi connectivity index (χ2v) is 4.55. The van der Waals surface area contributed by atoms with E-state index in [4.69, 9.17) is 25.5 Å². The standard InChI is InChI=1S/C15H16ClNO4/c1-2-19-15(18)13-10-21-14(17-13)11-4-6-12(7-5-11)20-9-3-8-16/h4-7,10H,2-3,8-9H2,1H3. The Labute approximate surface area is 127 Å². The first-order valence-corrected chi connectivity index (χ1v) is 7.20. The predicted octanol–water partition coefficient (Wildman–Crippen LogP) is 3.53. The molecule has 0 unspecified atom stereocenters. The molecule has 0 saturated heterocycles. The highest BCUT2D eigenvalue weighted by molar-refractivity contribution is 6.17. The minimum atomic E-state index is -0.492. The van der Waals surface area contributed by atoms with Gasteiger partial charge in [0.25, 0.3) is 0 Å². The molecule has 5 nitrogen and oxygen atoms in total. The zero-order valence-corrected chi connectivity index (χ0v) is 12.4. The maximum atomic E-state index is 11.5. The highest BCUT2D eigenvalue weighted by atomic mass is 35.5. The van der Waals surface area contributed by atoms with Crippen LogP contribution >= 0.6 is 11.6 Å². The van der Waals surface area contributed by atoms with Crippen LogP contribution in [0.3, 0.4) is 0 Å². The third-order valence-electron chi connectivity index (χ3n) is 2.64. The Morgan fingerprint density at radius 1 is 1.33 bits per heavy atom. The van der Waals surface area contributed by atoms with Gasteiger partial charge in [0, 0.05) is 11.4 Å². The molecule has 0 N–H and O–H groups in total. The Hall–Kier alpha value is -2.01. The summed E-state index contributed by atoms with van der Waals surface area (Å²) >= 11 is 5.58. The minimum Gasteiger partial charge on any atom is -0.494 e. The Bertz CT molecular complexity index is 580. The van der Waals surface area contributed by atoms with Crippen LogP contribution in [0.15, 0.2) is 34.9 Å². The molecule has 0 aliphatic rings. The van der Waals surface area contributed by atoms with E-state index < -0.39 is 5.97 Å². The Kier molecular flexibility index (Phi) is 5.63. The van der Waals surface area contributed by atoms with Crippen LogP contribution in [0, 0.1) is 0 Å². The van der Waals surface area contributed by atoms with Gasteiger partial charge in [0.05, 0.1) is 13.2 Å². The molecule has 0 fully saturated rings. The molecule has 6 heteroatoms. The summed E-state index contributed by atoms with van der Waals surface area (Å²) in [4.78, 5) is 15.6. The number of aromatic nitrogens is 1. The van der Waals surface area contributed by atoms with E-state index in [9.17, 15) is 4.79 Å². The molecule has 0 atom stereocenters. The lowest BCUT2D eigenvalue weighted by Gasteiger charge is -2.04. The fraction of sp³-hybridized carbons (Fsp3) is 0.333. The van der Waals surface area contributed by atoms with E-state index in [1.54, 1.807) is 6.92 Å². The van der Waals surface area contributed by atoms with Crippen molar-refractivity contribution in [3.63, 3.8) is 0 Å². The van der Waals surface area contributed by atoms with Gasteiger partial charge in [0.2, 0.25) is 5.89 Å². The van der Waals surface area contributed by atoms with Crippen LogP contribution < -0.4 is 4.74 Å². The maximum Gasteiger partial charge on any atom is 0.360 e. The summed E-state index contributed by atoms with van der Waals surface area (Å²) in [5.41, 5.74) is 0.921. The molecule has 0 aliphatic heterocycles.